The normalized spacial score (nSPS) is 11.8. The van der Waals surface area contributed by atoms with Gasteiger partial charge < -0.3 is 15.8 Å². The molecule has 0 aliphatic rings. The molecule has 1 atom stereocenters. The maximum Gasteiger partial charge on any atom is 0.273 e. The van der Waals surface area contributed by atoms with E-state index in [0.29, 0.717) is 18.7 Å². The lowest BCUT2D eigenvalue weighted by molar-refractivity contribution is -0.384. The molecule has 20 heavy (non-hydrogen) atoms. The van der Waals surface area contributed by atoms with Crippen LogP contribution >= 0.6 is 0 Å². The zero-order chi connectivity index (χ0) is 15.1. The van der Waals surface area contributed by atoms with E-state index < -0.39 is 4.92 Å². The first-order valence-electron chi connectivity index (χ1n) is 6.34. The Kier molecular flexibility index (Phi) is 5.92. The van der Waals surface area contributed by atoms with Gasteiger partial charge in [0.25, 0.3) is 5.69 Å². The van der Waals surface area contributed by atoms with Gasteiger partial charge in [0.05, 0.1) is 23.8 Å². The standard InChI is InChI=1S/C13H19N3O4/c1-3-9(8-14)6-13(17)15-11-5-4-10(16(18)19)7-12(11)20-2/h4-5,7,9H,3,6,8,14H2,1-2H3,(H,15,17). The van der Waals surface area contributed by atoms with E-state index in [1.807, 2.05) is 6.92 Å². The highest BCUT2D eigenvalue weighted by Crippen LogP contribution is 2.29. The predicted octanol–water partition coefficient (Wildman–Crippen LogP) is 1.92. The smallest absolute Gasteiger partial charge is 0.273 e. The molecule has 1 unspecified atom stereocenters. The van der Waals surface area contributed by atoms with Crippen LogP contribution in [0.15, 0.2) is 18.2 Å². The van der Waals surface area contributed by atoms with Crippen LogP contribution in [0.1, 0.15) is 19.8 Å². The first kappa shape index (κ1) is 15.9. The number of nitrogens with zero attached hydrogens (tertiary/aromatic N) is 1. The van der Waals surface area contributed by atoms with Crippen molar-refractivity contribution in [3.63, 3.8) is 0 Å². The Morgan fingerprint density at radius 1 is 1.55 bits per heavy atom. The van der Waals surface area contributed by atoms with E-state index in [2.05, 4.69) is 5.32 Å². The summed E-state index contributed by atoms with van der Waals surface area (Å²) in [6, 6.07) is 4.05. The molecule has 7 nitrogen and oxygen atoms in total. The molecule has 0 aromatic heterocycles. The molecule has 1 aromatic carbocycles. The molecule has 110 valence electrons. The van der Waals surface area contributed by atoms with E-state index in [4.69, 9.17) is 10.5 Å². The van der Waals surface area contributed by atoms with Crippen LogP contribution in [0.5, 0.6) is 5.75 Å². The number of anilines is 1. The average Bonchev–Trinajstić information content (AvgIpc) is 2.44. The van der Waals surface area contributed by atoms with Crippen LogP contribution in [0.2, 0.25) is 0 Å². The lowest BCUT2D eigenvalue weighted by Gasteiger charge is -2.13. The molecule has 7 heteroatoms. The second-order valence-corrected chi connectivity index (χ2v) is 4.40. The summed E-state index contributed by atoms with van der Waals surface area (Å²) in [6.45, 7) is 2.42. The topological polar surface area (TPSA) is 107 Å². The SMILES string of the molecule is CCC(CN)CC(=O)Nc1ccc([N+](=O)[O-])cc1OC. The summed E-state index contributed by atoms with van der Waals surface area (Å²) in [7, 11) is 1.39. The summed E-state index contributed by atoms with van der Waals surface area (Å²) in [6.07, 6.45) is 1.13. The number of non-ortho nitro benzene ring substituents is 1. The maximum absolute atomic E-state index is 11.9. The van der Waals surface area contributed by atoms with Gasteiger partial charge in [-0.3, -0.25) is 14.9 Å². The Morgan fingerprint density at radius 2 is 2.25 bits per heavy atom. The van der Waals surface area contributed by atoms with Gasteiger partial charge in [-0.2, -0.15) is 0 Å². The molecule has 0 spiro atoms. The number of carbonyl (C=O) groups excluding carboxylic acids is 1. The molecule has 1 amide bonds. The molecule has 0 saturated carbocycles. The van der Waals surface area contributed by atoms with Crippen LogP contribution in [0.3, 0.4) is 0 Å². The van der Waals surface area contributed by atoms with E-state index in [-0.39, 0.29) is 23.3 Å². The van der Waals surface area contributed by atoms with Gasteiger partial charge in [0.2, 0.25) is 5.91 Å². The van der Waals surface area contributed by atoms with Crippen molar-refractivity contribution < 1.29 is 14.5 Å². The van der Waals surface area contributed by atoms with Crippen molar-refractivity contribution in [3.05, 3.63) is 28.3 Å². The zero-order valence-electron chi connectivity index (χ0n) is 11.6. The summed E-state index contributed by atoms with van der Waals surface area (Å²) in [5.74, 6) is 0.196. The number of nitro benzene ring substituents is 1. The molecule has 1 aromatic rings. The van der Waals surface area contributed by atoms with E-state index in [1.54, 1.807) is 0 Å². The summed E-state index contributed by atoms with van der Waals surface area (Å²) in [4.78, 5) is 22.0. The number of nitrogens with one attached hydrogen (secondary N) is 1. The molecule has 0 saturated heterocycles. The lowest BCUT2D eigenvalue weighted by atomic mass is 10.0. The first-order valence-corrected chi connectivity index (χ1v) is 6.34. The first-order chi connectivity index (χ1) is 9.51. The quantitative estimate of drug-likeness (QED) is 0.586. The molecule has 0 bridgehead atoms. The number of carbonyl (C=O) groups is 1. The van der Waals surface area contributed by atoms with Crippen molar-refractivity contribution in [1.29, 1.82) is 0 Å². The van der Waals surface area contributed by atoms with Crippen LogP contribution in [-0.2, 0) is 4.79 Å². The van der Waals surface area contributed by atoms with Gasteiger partial charge in [-0.1, -0.05) is 13.3 Å². The van der Waals surface area contributed by atoms with Gasteiger partial charge in [0.15, 0.2) is 0 Å². The van der Waals surface area contributed by atoms with Crippen LogP contribution in [0.4, 0.5) is 11.4 Å². The highest BCUT2D eigenvalue weighted by atomic mass is 16.6. The number of hydrogen-bond acceptors (Lipinski definition) is 5. The third-order valence-electron chi connectivity index (χ3n) is 3.05. The van der Waals surface area contributed by atoms with Crippen molar-refractivity contribution in [2.24, 2.45) is 11.7 Å². The van der Waals surface area contributed by atoms with Crippen molar-refractivity contribution in [2.75, 3.05) is 19.0 Å². The Bertz CT molecular complexity index is 487. The van der Waals surface area contributed by atoms with Gasteiger partial charge in [-0.25, -0.2) is 0 Å². The Hall–Kier alpha value is -2.15. The summed E-state index contributed by atoms with van der Waals surface area (Å²) >= 11 is 0. The molecule has 0 fully saturated rings. The Labute approximate surface area is 117 Å². The fourth-order valence-corrected chi connectivity index (χ4v) is 1.75. The number of benzene rings is 1. The predicted molar refractivity (Wildman–Crippen MR) is 75.7 cm³/mol. The summed E-state index contributed by atoms with van der Waals surface area (Å²) in [5, 5.41) is 13.4. The molecule has 0 aliphatic heterocycles. The Balaban J connectivity index is 2.81. The summed E-state index contributed by atoms with van der Waals surface area (Å²) < 4.78 is 5.05. The second kappa shape index (κ2) is 7.44. The third-order valence-corrected chi connectivity index (χ3v) is 3.05. The number of ether oxygens (including phenoxy) is 1. The number of nitrogens with two attached hydrogens (primary N) is 1. The minimum atomic E-state index is -0.518. The fourth-order valence-electron chi connectivity index (χ4n) is 1.75. The molecule has 0 heterocycles. The number of amides is 1. The van der Waals surface area contributed by atoms with Gasteiger partial charge >= 0.3 is 0 Å². The minimum Gasteiger partial charge on any atom is -0.494 e. The van der Waals surface area contributed by atoms with Crippen LogP contribution < -0.4 is 15.8 Å². The number of rotatable bonds is 7. The van der Waals surface area contributed by atoms with E-state index >= 15 is 0 Å². The third kappa shape index (κ3) is 4.20. The molecule has 3 N–H and O–H groups in total. The largest absolute Gasteiger partial charge is 0.494 e. The van der Waals surface area contributed by atoms with Crippen LogP contribution in [0.25, 0.3) is 0 Å². The Morgan fingerprint density at radius 3 is 2.75 bits per heavy atom. The van der Waals surface area contributed by atoms with Crippen molar-refractivity contribution in [3.8, 4) is 5.75 Å². The molecule has 0 aliphatic carbocycles. The van der Waals surface area contributed by atoms with Crippen molar-refractivity contribution in [2.45, 2.75) is 19.8 Å². The van der Waals surface area contributed by atoms with E-state index in [1.165, 1.54) is 25.3 Å². The van der Waals surface area contributed by atoms with E-state index in [0.717, 1.165) is 6.42 Å². The fraction of sp³-hybridized carbons (Fsp3) is 0.462. The van der Waals surface area contributed by atoms with Gasteiger partial charge in [-0.05, 0) is 18.5 Å². The highest BCUT2D eigenvalue weighted by molar-refractivity contribution is 5.92. The van der Waals surface area contributed by atoms with Crippen LogP contribution in [0, 0.1) is 16.0 Å². The van der Waals surface area contributed by atoms with Gasteiger partial charge in [0.1, 0.15) is 5.75 Å². The van der Waals surface area contributed by atoms with Crippen molar-refractivity contribution >= 4 is 17.3 Å². The molecule has 0 radical (unpaired) electrons. The summed E-state index contributed by atoms with van der Waals surface area (Å²) in [5.41, 5.74) is 5.88. The lowest BCUT2D eigenvalue weighted by Crippen LogP contribution is -2.21. The molecular weight excluding hydrogens is 262 g/mol. The van der Waals surface area contributed by atoms with E-state index in [9.17, 15) is 14.9 Å². The van der Waals surface area contributed by atoms with Gasteiger partial charge in [0, 0.05) is 12.5 Å². The maximum atomic E-state index is 11.9. The average molecular weight is 281 g/mol. The molecule has 1 rings (SSSR count). The zero-order valence-corrected chi connectivity index (χ0v) is 11.6. The monoisotopic (exact) mass is 281 g/mol. The van der Waals surface area contributed by atoms with Crippen molar-refractivity contribution in [1.82, 2.24) is 0 Å². The molecular formula is C13H19N3O4. The number of methoxy groups -OCH3 is 1. The minimum absolute atomic E-state index is 0.0896. The highest BCUT2D eigenvalue weighted by Gasteiger charge is 2.15. The number of nitro groups is 1. The van der Waals surface area contributed by atoms with Gasteiger partial charge in [-0.15, -0.1) is 0 Å². The second-order valence-electron chi connectivity index (χ2n) is 4.40. The van der Waals surface area contributed by atoms with Crippen LogP contribution in [-0.4, -0.2) is 24.5 Å². The number of hydrogen-bond donors (Lipinski definition) is 2.